The summed E-state index contributed by atoms with van der Waals surface area (Å²) in [4.78, 5) is 11.0. The molecule has 1 aromatic rings. The smallest absolute Gasteiger partial charge is 0.305 e. The molecule has 25 heavy (non-hydrogen) atoms. The van der Waals surface area contributed by atoms with Gasteiger partial charge >= 0.3 is 5.97 Å². The fourth-order valence-electron chi connectivity index (χ4n) is 2.49. The van der Waals surface area contributed by atoms with Crippen molar-refractivity contribution in [1.82, 2.24) is 9.03 Å². The van der Waals surface area contributed by atoms with Gasteiger partial charge in [0.1, 0.15) is 0 Å². The molecule has 0 saturated carbocycles. The molecule has 140 valence electrons. The van der Waals surface area contributed by atoms with Crippen molar-refractivity contribution in [3.05, 3.63) is 24.3 Å². The average Bonchev–Trinajstić information content (AvgIpc) is 3.14. The molecule has 0 aromatic heterocycles. The number of benzene rings is 1. The van der Waals surface area contributed by atoms with Crippen molar-refractivity contribution < 1.29 is 26.4 Å². The second-order valence-corrected chi connectivity index (χ2v) is 9.36. The normalized spacial score (nSPS) is 16.0. The molecule has 0 unspecified atom stereocenters. The number of methoxy groups -OCH3 is 1. The van der Waals surface area contributed by atoms with E-state index in [4.69, 9.17) is 0 Å². The van der Waals surface area contributed by atoms with E-state index >= 15 is 0 Å². The maximum Gasteiger partial charge on any atom is 0.305 e. The molecule has 2 rings (SSSR count). The third kappa shape index (κ3) is 5.00. The third-order valence-corrected chi connectivity index (χ3v) is 7.30. The molecule has 1 aliphatic heterocycles. The molecule has 8 nitrogen and oxygen atoms in total. The van der Waals surface area contributed by atoms with Crippen LogP contribution in [0, 0.1) is 0 Å². The summed E-state index contributed by atoms with van der Waals surface area (Å²) in [5, 5.41) is 0. The van der Waals surface area contributed by atoms with Crippen molar-refractivity contribution in [3.8, 4) is 0 Å². The minimum atomic E-state index is -3.76. The van der Waals surface area contributed by atoms with Crippen LogP contribution in [0.3, 0.4) is 0 Å². The predicted octanol–water partition coefficient (Wildman–Crippen LogP) is 0.703. The monoisotopic (exact) mass is 390 g/mol. The highest BCUT2D eigenvalue weighted by Gasteiger charge is 2.27. The van der Waals surface area contributed by atoms with Crippen LogP contribution in [0.2, 0.25) is 0 Å². The Labute approximate surface area is 148 Å². The first kappa shape index (κ1) is 19.8. The molecule has 1 aromatic carbocycles. The van der Waals surface area contributed by atoms with Crippen LogP contribution in [-0.4, -0.2) is 53.9 Å². The average molecular weight is 390 g/mol. The predicted molar refractivity (Wildman–Crippen MR) is 90.9 cm³/mol. The van der Waals surface area contributed by atoms with Crippen LogP contribution >= 0.6 is 0 Å². The van der Waals surface area contributed by atoms with E-state index < -0.39 is 26.0 Å². The lowest BCUT2D eigenvalue weighted by molar-refractivity contribution is -0.140. The molecule has 1 saturated heterocycles. The molecule has 1 aliphatic rings. The Bertz CT molecular complexity index is 797. The number of carbonyl (C=O) groups excluding carboxylic acids is 1. The Balaban J connectivity index is 2.02. The van der Waals surface area contributed by atoms with E-state index in [1.54, 1.807) is 0 Å². The van der Waals surface area contributed by atoms with Gasteiger partial charge in [0.25, 0.3) is 0 Å². The van der Waals surface area contributed by atoms with Gasteiger partial charge in [-0.25, -0.2) is 21.6 Å². The Hall–Kier alpha value is -1.49. The second kappa shape index (κ2) is 8.26. The van der Waals surface area contributed by atoms with Crippen molar-refractivity contribution in [2.75, 3.05) is 26.7 Å². The number of esters is 1. The van der Waals surface area contributed by atoms with Crippen molar-refractivity contribution in [2.45, 2.75) is 35.5 Å². The molecule has 0 bridgehead atoms. The number of nitrogens with one attached hydrogen (secondary N) is 1. The molecule has 0 atom stereocenters. The number of rotatable bonds is 8. The lowest BCUT2D eigenvalue weighted by Crippen LogP contribution is -2.28. The summed E-state index contributed by atoms with van der Waals surface area (Å²) < 4.78 is 57.4. The van der Waals surface area contributed by atoms with E-state index in [9.17, 15) is 21.6 Å². The number of hydrogen-bond donors (Lipinski definition) is 1. The molecule has 0 amide bonds. The van der Waals surface area contributed by atoms with Gasteiger partial charge in [0.15, 0.2) is 0 Å². The lowest BCUT2D eigenvalue weighted by Gasteiger charge is -2.15. The fraction of sp³-hybridized carbons (Fsp3) is 0.533. The summed E-state index contributed by atoms with van der Waals surface area (Å²) >= 11 is 0. The maximum atomic E-state index is 12.4. The molecule has 1 heterocycles. The number of sulfonamides is 2. The molecule has 1 N–H and O–H groups in total. The highest BCUT2D eigenvalue weighted by Crippen LogP contribution is 2.22. The first-order valence-corrected chi connectivity index (χ1v) is 10.9. The first-order valence-electron chi connectivity index (χ1n) is 7.94. The summed E-state index contributed by atoms with van der Waals surface area (Å²) in [6.07, 6.45) is 2.10. The van der Waals surface area contributed by atoms with Crippen molar-refractivity contribution in [1.29, 1.82) is 0 Å². The van der Waals surface area contributed by atoms with Crippen molar-refractivity contribution in [2.24, 2.45) is 0 Å². The van der Waals surface area contributed by atoms with E-state index in [-0.39, 0.29) is 22.8 Å². The zero-order valence-electron chi connectivity index (χ0n) is 14.0. The zero-order chi connectivity index (χ0) is 18.5. The molecular weight excluding hydrogens is 368 g/mol. The van der Waals surface area contributed by atoms with Gasteiger partial charge in [0.2, 0.25) is 20.0 Å². The number of carbonyl (C=O) groups is 1. The first-order chi connectivity index (χ1) is 11.8. The van der Waals surface area contributed by atoms with Crippen LogP contribution < -0.4 is 4.72 Å². The summed E-state index contributed by atoms with van der Waals surface area (Å²) in [7, 11) is -6.06. The summed E-state index contributed by atoms with van der Waals surface area (Å²) in [6.45, 7) is 1.07. The molecule has 0 radical (unpaired) electrons. The standard InChI is InChI=1S/C15H22N2O6S2/c1-23-15(18)5-4-10-16-24(19,20)13-6-8-14(9-7-13)25(21,22)17-11-2-3-12-17/h6-9,16H,2-5,10-12H2,1H3. The van der Waals surface area contributed by atoms with Gasteiger partial charge in [0.05, 0.1) is 16.9 Å². The van der Waals surface area contributed by atoms with Gasteiger partial charge in [-0.1, -0.05) is 0 Å². The summed E-state index contributed by atoms with van der Waals surface area (Å²) in [5.41, 5.74) is 0. The Morgan fingerprint density at radius 2 is 1.64 bits per heavy atom. The van der Waals surface area contributed by atoms with Gasteiger partial charge in [0, 0.05) is 26.1 Å². The summed E-state index contributed by atoms with van der Waals surface area (Å²) in [6, 6.07) is 5.14. The van der Waals surface area contributed by atoms with Gasteiger partial charge in [-0.05, 0) is 43.5 Å². The summed E-state index contributed by atoms with van der Waals surface area (Å²) in [5.74, 6) is -0.407. The Morgan fingerprint density at radius 1 is 1.08 bits per heavy atom. The molecule has 10 heteroatoms. The minimum Gasteiger partial charge on any atom is -0.469 e. The van der Waals surface area contributed by atoms with Gasteiger partial charge in [-0.3, -0.25) is 4.79 Å². The van der Waals surface area contributed by atoms with Crippen LogP contribution in [0.4, 0.5) is 0 Å². The van der Waals surface area contributed by atoms with Gasteiger partial charge in [-0.2, -0.15) is 4.31 Å². The lowest BCUT2D eigenvalue weighted by atomic mass is 10.3. The molecule has 0 aliphatic carbocycles. The highest BCUT2D eigenvalue weighted by atomic mass is 32.2. The maximum absolute atomic E-state index is 12.4. The number of hydrogen-bond acceptors (Lipinski definition) is 6. The van der Waals surface area contributed by atoms with Crippen LogP contribution in [0.15, 0.2) is 34.1 Å². The molecule has 1 fully saturated rings. The fourth-order valence-corrected chi connectivity index (χ4v) is 5.08. The van der Waals surface area contributed by atoms with E-state index in [0.29, 0.717) is 19.5 Å². The van der Waals surface area contributed by atoms with Crippen molar-refractivity contribution in [3.63, 3.8) is 0 Å². The van der Waals surface area contributed by atoms with Crippen LogP contribution in [0.1, 0.15) is 25.7 Å². The highest BCUT2D eigenvalue weighted by molar-refractivity contribution is 7.89. The molecule has 0 spiro atoms. The van der Waals surface area contributed by atoms with E-state index in [1.807, 2.05) is 0 Å². The SMILES string of the molecule is COC(=O)CCCNS(=O)(=O)c1ccc(S(=O)(=O)N2CCCC2)cc1. The number of ether oxygens (including phenoxy) is 1. The quantitative estimate of drug-likeness (QED) is 0.517. The Kier molecular flexibility index (Phi) is 6.55. The van der Waals surface area contributed by atoms with E-state index in [2.05, 4.69) is 9.46 Å². The number of nitrogens with zero attached hydrogens (tertiary/aromatic N) is 1. The van der Waals surface area contributed by atoms with E-state index in [0.717, 1.165) is 12.8 Å². The second-order valence-electron chi connectivity index (χ2n) is 5.66. The zero-order valence-corrected chi connectivity index (χ0v) is 15.6. The minimum absolute atomic E-state index is 0.0223. The third-order valence-electron chi connectivity index (χ3n) is 3.91. The largest absolute Gasteiger partial charge is 0.469 e. The van der Waals surface area contributed by atoms with Crippen LogP contribution in [0.25, 0.3) is 0 Å². The molecular formula is C15H22N2O6S2. The Morgan fingerprint density at radius 3 is 2.20 bits per heavy atom. The van der Waals surface area contributed by atoms with Gasteiger partial charge in [-0.15, -0.1) is 0 Å². The van der Waals surface area contributed by atoms with Gasteiger partial charge < -0.3 is 4.74 Å². The van der Waals surface area contributed by atoms with E-state index in [1.165, 1.54) is 35.7 Å². The van der Waals surface area contributed by atoms with Crippen LogP contribution in [-0.2, 0) is 29.6 Å². The van der Waals surface area contributed by atoms with Crippen molar-refractivity contribution >= 4 is 26.0 Å². The topological polar surface area (TPSA) is 110 Å². The van der Waals surface area contributed by atoms with Crippen LogP contribution in [0.5, 0.6) is 0 Å².